The molecule has 0 aromatic heterocycles. The third-order valence-corrected chi connectivity index (χ3v) is 4.82. The summed E-state index contributed by atoms with van der Waals surface area (Å²) in [5.74, 6) is -0.0739. The number of carbonyl (C=O) groups excluding carboxylic acids is 1. The van der Waals surface area contributed by atoms with Crippen molar-refractivity contribution in [2.45, 2.75) is 19.4 Å². The Morgan fingerprint density at radius 2 is 1.93 bits per heavy atom. The van der Waals surface area contributed by atoms with Gasteiger partial charge in [-0.3, -0.25) is 14.9 Å². The van der Waals surface area contributed by atoms with Crippen molar-refractivity contribution in [1.82, 2.24) is 5.32 Å². The van der Waals surface area contributed by atoms with E-state index in [1.165, 1.54) is 6.07 Å². The van der Waals surface area contributed by atoms with Crippen molar-refractivity contribution in [2.24, 2.45) is 5.92 Å². The van der Waals surface area contributed by atoms with E-state index in [-0.39, 0.29) is 23.1 Å². The molecule has 1 heterocycles. The minimum Gasteiger partial charge on any atom is -0.366 e. The monoisotopic (exact) mass is 364 g/mol. The maximum Gasteiger partial charge on any atom is 0.293 e. The predicted molar refractivity (Wildman–Crippen MR) is 101 cm³/mol. The van der Waals surface area contributed by atoms with Gasteiger partial charge in [0.15, 0.2) is 0 Å². The van der Waals surface area contributed by atoms with Crippen LogP contribution in [0.5, 0.6) is 0 Å². The largest absolute Gasteiger partial charge is 0.366 e. The molecule has 0 radical (unpaired) electrons. The third-order valence-electron chi connectivity index (χ3n) is 4.82. The highest BCUT2D eigenvalue weighted by Crippen LogP contribution is 2.32. The molecule has 0 saturated carbocycles. The zero-order valence-electron chi connectivity index (χ0n) is 14.8. The van der Waals surface area contributed by atoms with Crippen molar-refractivity contribution >= 4 is 17.3 Å². The molecule has 3 rings (SSSR count). The number of carbonyl (C=O) groups is 1. The van der Waals surface area contributed by atoms with Crippen LogP contribution >= 0.6 is 0 Å². The summed E-state index contributed by atoms with van der Waals surface area (Å²) < 4.78 is 0. The highest BCUT2D eigenvalue weighted by atomic mass is 16.6. The molecule has 1 aliphatic heterocycles. The fourth-order valence-electron chi connectivity index (χ4n) is 3.32. The van der Waals surface area contributed by atoms with Crippen molar-refractivity contribution < 1.29 is 9.72 Å². The van der Waals surface area contributed by atoms with Gasteiger partial charge in [-0.05, 0) is 30.5 Å². The standard InChI is InChI=1S/C20H20N4O3/c21-13-16-6-7-18(19(12-16)24(26)27)23-10-8-17(9-11-23)20(25)22-14-15-4-2-1-3-5-15/h1-7,12,17H,8-11,14H2,(H,22,25). The number of nitro benzene ring substituents is 1. The van der Waals surface area contributed by atoms with E-state index < -0.39 is 4.92 Å². The van der Waals surface area contributed by atoms with Gasteiger partial charge >= 0.3 is 0 Å². The maximum absolute atomic E-state index is 12.4. The number of benzene rings is 2. The first kappa shape index (κ1) is 18.4. The molecule has 1 aliphatic rings. The normalized spacial score (nSPS) is 14.4. The van der Waals surface area contributed by atoms with Gasteiger partial charge in [0, 0.05) is 31.6 Å². The molecule has 7 nitrogen and oxygen atoms in total. The van der Waals surface area contributed by atoms with E-state index in [0.29, 0.717) is 38.2 Å². The highest BCUT2D eigenvalue weighted by Gasteiger charge is 2.28. The van der Waals surface area contributed by atoms with Crippen molar-refractivity contribution in [1.29, 1.82) is 5.26 Å². The van der Waals surface area contributed by atoms with Crippen LogP contribution < -0.4 is 10.2 Å². The average Bonchev–Trinajstić information content (AvgIpc) is 2.72. The van der Waals surface area contributed by atoms with E-state index in [0.717, 1.165) is 5.56 Å². The summed E-state index contributed by atoms with van der Waals surface area (Å²) in [7, 11) is 0. The van der Waals surface area contributed by atoms with Crippen LogP contribution in [0, 0.1) is 27.4 Å². The van der Waals surface area contributed by atoms with Crippen molar-refractivity contribution in [3.8, 4) is 6.07 Å². The van der Waals surface area contributed by atoms with Gasteiger partial charge < -0.3 is 10.2 Å². The fourth-order valence-corrected chi connectivity index (χ4v) is 3.32. The lowest BCUT2D eigenvalue weighted by Gasteiger charge is -2.32. The van der Waals surface area contributed by atoms with Crippen LogP contribution in [0.2, 0.25) is 0 Å². The van der Waals surface area contributed by atoms with Crippen molar-refractivity contribution in [2.75, 3.05) is 18.0 Å². The molecule has 27 heavy (non-hydrogen) atoms. The second kappa shape index (κ2) is 8.32. The minimum atomic E-state index is -0.463. The van der Waals surface area contributed by atoms with Crippen LogP contribution in [0.1, 0.15) is 24.0 Å². The summed E-state index contributed by atoms with van der Waals surface area (Å²) in [6, 6.07) is 16.2. The lowest BCUT2D eigenvalue weighted by molar-refractivity contribution is -0.384. The van der Waals surface area contributed by atoms with Crippen LogP contribution in [0.15, 0.2) is 48.5 Å². The molecule has 1 saturated heterocycles. The lowest BCUT2D eigenvalue weighted by atomic mass is 9.95. The molecule has 0 spiro atoms. The minimum absolute atomic E-state index is 0.0211. The summed E-state index contributed by atoms with van der Waals surface area (Å²) in [4.78, 5) is 25.2. The summed E-state index contributed by atoms with van der Waals surface area (Å²) >= 11 is 0. The number of nitro groups is 1. The Labute approximate surface area is 157 Å². The van der Waals surface area contributed by atoms with Gasteiger partial charge in [0.1, 0.15) is 5.69 Å². The molecule has 1 N–H and O–H groups in total. The first-order chi connectivity index (χ1) is 13.1. The van der Waals surface area contributed by atoms with E-state index >= 15 is 0 Å². The Morgan fingerprint density at radius 3 is 2.56 bits per heavy atom. The zero-order valence-corrected chi connectivity index (χ0v) is 14.8. The zero-order chi connectivity index (χ0) is 19.2. The van der Waals surface area contributed by atoms with E-state index in [1.807, 2.05) is 41.3 Å². The average molecular weight is 364 g/mol. The molecule has 1 amide bonds. The number of amides is 1. The molecule has 2 aromatic rings. The number of nitriles is 1. The Balaban J connectivity index is 1.60. The Morgan fingerprint density at radius 1 is 1.22 bits per heavy atom. The van der Waals surface area contributed by atoms with Crippen LogP contribution in [-0.4, -0.2) is 23.9 Å². The number of hydrogen-bond donors (Lipinski definition) is 1. The molecular weight excluding hydrogens is 344 g/mol. The van der Waals surface area contributed by atoms with Crippen LogP contribution in [0.25, 0.3) is 0 Å². The molecular formula is C20H20N4O3. The van der Waals surface area contributed by atoms with E-state index in [1.54, 1.807) is 12.1 Å². The predicted octanol–water partition coefficient (Wildman–Crippen LogP) is 3.00. The van der Waals surface area contributed by atoms with Gasteiger partial charge in [-0.1, -0.05) is 30.3 Å². The number of nitrogens with one attached hydrogen (secondary N) is 1. The van der Waals surface area contributed by atoms with Crippen LogP contribution in [0.4, 0.5) is 11.4 Å². The first-order valence-electron chi connectivity index (χ1n) is 8.83. The van der Waals surface area contributed by atoms with Crippen LogP contribution in [0.3, 0.4) is 0 Å². The summed E-state index contributed by atoms with van der Waals surface area (Å²) in [5.41, 5.74) is 1.75. The van der Waals surface area contributed by atoms with Crippen molar-refractivity contribution in [3.05, 3.63) is 69.8 Å². The second-order valence-corrected chi connectivity index (χ2v) is 6.54. The second-order valence-electron chi connectivity index (χ2n) is 6.54. The lowest BCUT2D eigenvalue weighted by Crippen LogP contribution is -2.40. The van der Waals surface area contributed by atoms with Gasteiger partial charge in [0.25, 0.3) is 5.69 Å². The highest BCUT2D eigenvalue weighted by molar-refractivity contribution is 5.79. The topological polar surface area (TPSA) is 99.3 Å². The molecule has 1 fully saturated rings. The van der Waals surface area contributed by atoms with Gasteiger partial charge in [-0.2, -0.15) is 5.26 Å². The van der Waals surface area contributed by atoms with Gasteiger partial charge in [0.2, 0.25) is 5.91 Å². The molecule has 0 aliphatic carbocycles. The molecule has 0 unspecified atom stereocenters. The van der Waals surface area contributed by atoms with Gasteiger partial charge in [-0.25, -0.2) is 0 Å². The molecule has 7 heteroatoms. The SMILES string of the molecule is N#Cc1ccc(N2CCC(C(=O)NCc3ccccc3)CC2)c([N+](=O)[O-])c1. The Hall–Kier alpha value is -3.40. The summed E-state index contributed by atoms with van der Waals surface area (Å²) in [5, 5.41) is 23.2. The van der Waals surface area contributed by atoms with Gasteiger partial charge in [-0.15, -0.1) is 0 Å². The number of anilines is 1. The molecule has 0 atom stereocenters. The van der Waals surface area contributed by atoms with E-state index in [2.05, 4.69) is 5.32 Å². The molecule has 138 valence electrons. The fraction of sp³-hybridized carbons (Fsp3) is 0.300. The van der Waals surface area contributed by atoms with E-state index in [4.69, 9.17) is 5.26 Å². The number of hydrogen-bond acceptors (Lipinski definition) is 5. The van der Waals surface area contributed by atoms with Gasteiger partial charge in [0.05, 0.1) is 16.6 Å². The molecule has 0 bridgehead atoms. The Kier molecular flexibility index (Phi) is 5.67. The van der Waals surface area contributed by atoms with Crippen molar-refractivity contribution in [3.63, 3.8) is 0 Å². The Bertz CT molecular complexity index is 869. The third kappa shape index (κ3) is 4.42. The number of rotatable bonds is 5. The smallest absolute Gasteiger partial charge is 0.293 e. The number of piperidine rings is 1. The quantitative estimate of drug-likeness (QED) is 0.649. The van der Waals surface area contributed by atoms with Crippen LogP contribution in [-0.2, 0) is 11.3 Å². The summed E-state index contributed by atoms with van der Waals surface area (Å²) in [6.45, 7) is 1.63. The number of nitrogens with zero attached hydrogens (tertiary/aromatic N) is 3. The summed E-state index contributed by atoms with van der Waals surface area (Å²) in [6.07, 6.45) is 1.27. The van der Waals surface area contributed by atoms with E-state index in [9.17, 15) is 14.9 Å². The molecule has 2 aromatic carbocycles. The first-order valence-corrected chi connectivity index (χ1v) is 8.83. The maximum atomic E-state index is 12.4.